The van der Waals surface area contributed by atoms with Crippen molar-refractivity contribution in [2.24, 2.45) is 21.5 Å². The number of carboxylic acid groups (broad SMARTS) is 1. The third-order valence-electron chi connectivity index (χ3n) is 3.85. The Balaban J connectivity index is 1.88. The maximum Gasteiger partial charge on any atom is 0.335 e. The van der Waals surface area contributed by atoms with Gasteiger partial charge in [0.25, 0.3) is 0 Å². The van der Waals surface area contributed by atoms with Crippen LogP contribution in [0.3, 0.4) is 0 Å². The van der Waals surface area contributed by atoms with Gasteiger partial charge >= 0.3 is 5.97 Å². The molecule has 0 aliphatic carbocycles. The largest absolute Gasteiger partial charge is 0.478 e. The van der Waals surface area contributed by atoms with Gasteiger partial charge in [0, 0.05) is 24.2 Å². The van der Waals surface area contributed by atoms with E-state index >= 15 is 0 Å². The Morgan fingerprint density at radius 3 is 2.50 bits per heavy atom. The van der Waals surface area contributed by atoms with E-state index in [1.54, 1.807) is 12.1 Å². The van der Waals surface area contributed by atoms with Gasteiger partial charge in [0.05, 0.1) is 5.56 Å². The molecule has 0 amide bonds. The lowest BCUT2D eigenvalue weighted by atomic mass is 10.0. The van der Waals surface area contributed by atoms with Crippen LogP contribution in [-0.2, 0) is 6.42 Å². The van der Waals surface area contributed by atoms with Gasteiger partial charge in [-0.2, -0.15) is 0 Å². The van der Waals surface area contributed by atoms with Crippen molar-refractivity contribution < 1.29 is 9.90 Å². The molecule has 0 spiro atoms. The van der Waals surface area contributed by atoms with Gasteiger partial charge in [-0.25, -0.2) is 9.79 Å². The highest BCUT2D eigenvalue weighted by Crippen LogP contribution is 2.19. The zero-order chi connectivity index (χ0) is 17.5. The summed E-state index contributed by atoms with van der Waals surface area (Å²) >= 11 is 6.19. The third-order valence-corrected chi connectivity index (χ3v) is 4.16. The Morgan fingerprint density at radius 1 is 1.17 bits per heavy atom. The van der Waals surface area contributed by atoms with Gasteiger partial charge in [-0.05, 0) is 43.4 Å². The van der Waals surface area contributed by atoms with Crippen LogP contribution >= 0.6 is 11.6 Å². The summed E-state index contributed by atoms with van der Waals surface area (Å²) in [6.45, 7) is 0.519. The summed E-state index contributed by atoms with van der Waals surface area (Å²) in [4.78, 5) is 18.9. The second kappa shape index (κ2) is 8.49. The Hall–Kier alpha value is -2.34. The number of hydrogen-bond donors (Lipinski definition) is 3. The van der Waals surface area contributed by atoms with Crippen molar-refractivity contribution >= 4 is 28.7 Å². The van der Waals surface area contributed by atoms with E-state index in [1.807, 2.05) is 12.1 Å². The highest BCUT2D eigenvalue weighted by atomic mass is 35.5. The molecule has 0 atom stereocenters. The van der Waals surface area contributed by atoms with Crippen LogP contribution in [0, 0.1) is 0 Å². The number of nitrogens with zero attached hydrogens (tertiary/aromatic N) is 2. The molecular formula is C17H21ClN4O2. The Kier molecular flexibility index (Phi) is 6.37. The predicted octanol–water partition coefficient (Wildman–Crippen LogP) is 2.67. The van der Waals surface area contributed by atoms with Gasteiger partial charge in [0.1, 0.15) is 5.17 Å². The van der Waals surface area contributed by atoms with Crippen molar-refractivity contribution in [3.63, 3.8) is 0 Å². The number of guanidine groups is 1. The number of nitrogens with two attached hydrogens (primary N) is 2. The number of aromatic carboxylic acids is 1. The molecule has 6 nitrogen and oxygen atoms in total. The first-order chi connectivity index (χ1) is 11.5. The van der Waals surface area contributed by atoms with Crippen molar-refractivity contribution in [2.75, 3.05) is 6.54 Å². The maximum absolute atomic E-state index is 10.8. The minimum absolute atomic E-state index is 0.184. The SMILES string of the molecule is NC1=NCC/C(N)=C(CCCCc2ccc(C(=O)O)cc2)\C(Cl)=N/1. The molecule has 1 aliphatic heterocycles. The minimum Gasteiger partial charge on any atom is -0.478 e. The maximum atomic E-state index is 10.8. The van der Waals surface area contributed by atoms with Crippen LogP contribution < -0.4 is 11.5 Å². The van der Waals surface area contributed by atoms with Crippen LogP contribution in [0.2, 0.25) is 0 Å². The summed E-state index contributed by atoms with van der Waals surface area (Å²) in [5.74, 6) is -0.728. The number of unbranched alkanes of at least 4 members (excludes halogenated alkanes) is 1. The van der Waals surface area contributed by atoms with Gasteiger partial charge in [0.15, 0.2) is 0 Å². The van der Waals surface area contributed by atoms with Gasteiger partial charge in [0.2, 0.25) is 5.96 Å². The smallest absolute Gasteiger partial charge is 0.335 e. The van der Waals surface area contributed by atoms with E-state index in [9.17, 15) is 4.79 Å². The van der Waals surface area contributed by atoms with E-state index in [4.69, 9.17) is 28.2 Å². The second-order valence-corrected chi connectivity index (χ2v) is 5.96. The standard InChI is InChI=1S/C17H21ClN4O2/c18-15-13(14(19)9-10-21-17(20)22-15)4-2-1-3-11-5-7-12(8-6-11)16(23)24/h5-8H,1-4,9-10,19H2,(H2,20,21)(H,23,24)/b14-13+,22-15+. The number of rotatable bonds is 6. The van der Waals surface area contributed by atoms with E-state index in [0.717, 1.165) is 36.8 Å². The van der Waals surface area contributed by atoms with Crippen molar-refractivity contribution in [3.8, 4) is 0 Å². The first-order valence-corrected chi connectivity index (χ1v) is 8.19. The highest BCUT2D eigenvalue weighted by molar-refractivity contribution is 6.70. The monoisotopic (exact) mass is 348 g/mol. The molecule has 0 radical (unpaired) electrons. The lowest BCUT2D eigenvalue weighted by Gasteiger charge is -2.12. The molecule has 0 saturated heterocycles. The highest BCUT2D eigenvalue weighted by Gasteiger charge is 2.12. The van der Waals surface area contributed by atoms with Gasteiger partial charge in [-0.15, -0.1) is 0 Å². The number of allylic oxidation sites excluding steroid dienone is 1. The van der Waals surface area contributed by atoms with E-state index in [2.05, 4.69) is 9.98 Å². The number of aliphatic imine (C=N–C) groups is 2. The first kappa shape index (κ1) is 18.0. The topological polar surface area (TPSA) is 114 Å². The minimum atomic E-state index is -0.912. The van der Waals surface area contributed by atoms with Crippen molar-refractivity contribution in [1.29, 1.82) is 0 Å². The molecular weight excluding hydrogens is 328 g/mol. The molecule has 2 rings (SSSR count). The predicted molar refractivity (Wildman–Crippen MR) is 96.6 cm³/mol. The molecule has 128 valence electrons. The van der Waals surface area contributed by atoms with E-state index in [0.29, 0.717) is 29.4 Å². The normalized spacial score (nSPS) is 20.5. The molecule has 24 heavy (non-hydrogen) atoms. The van der Waals surface area contributed by atoms with Crippen molar-refractivity contribution in [1.82, 2.24) is 0 Å². The Bertz CT molecular complexity index is 693. The average Bonchev–Trinajstić information content (AvgIpc) is 2.53. The van der Waals surface area contributed by atoms with Crippen LogP contribution in [-0.4, -0.2) is 28.8 Å². The summed E-state index contributed by atoms with van der Waals surface area (Å²) in [7, 11) is 0. The summed E-state index contributed by atoms with van der Waals surface area (Å²) in [5.41, 5.74) is 14.7. The molecule has 1 aromatic carbocycles. The molecule has 5 N–H and O–H groups in total. The molecule has 0 unspecified atom stereocenters. The van der Waals surface area contributed by atoms with Crippen molar-refractivity contribution in [2.45, 2.75) is 32.1 Å². The summed E-state index contributed by atoms with van der Waals surface area (Å²) < 4.78 is 0. The third kappa shape index (κ3) is 5.09. The second-order valence-electron chi connectivity index (χ2n) is 5.61. The molecule has 0 saturated carbocycles. The number of halogens is 1. The van der Waals surface area contributed by atoms with Gasteiger partial charge in [-0.3, -0.25) is 4.99 Å². The summed E-state index contributed by atoms with van der Waals surface area (Å²) in [5, 5.41) is 9.21. The number of carboxylic acids is 1. The van der Waals surface area contributed by atoms with E-state index in [-0.39, 0.29) is 5.96 Å². The fraction of sp³-hybridized carbons (Fsp3) is 0.353. The Labute approximate surface area is 145 Å². The number of hydrogen-bond acceptors (Lipinski definition) is 5. The molecule has 0 bridgehead atoms. The van der Waals surface area contributed by atoms with Crippen molar-refractivity contribution in [3.05, 3.63) is 46.7 Å². The van der Waals surface area contributed by atoms with Crippen LogP contribution in [0.5, 0.6) is 0 Å². The number of benzene rings is 1. The fourth-order valence-electron chi connectivity index (χ4n) is 2.49. The molecule has 7 heteroatoms. The van der Waals surface area contributed by atoms with Crippen LogP contribution in [0.25, 0.3) is 0 Å². The zero-order valence-corrected chi connectivity index (χ0v) is 14.1. The van der Waals surface area contributed by atoms with Crippen LogP contribution in [0.15, 0.2) is 45.5 Å². The Morgan fingerprint density at radius 2 is 1.83 bits per heavy atom. The molecule has 1 aromatic rings. The van der Waals surface area contributed by atoms with Crippen LogP contribution in [0.1, 0.15) is 41.6 Å². The number of aryl methyl sites for hydroxylation is 1. The van der Waals surface area contributed by atoms with Gasteiger partial charge in [-0.1, -0.05) is 23.7 Å². The fourth-order valence-corrected chi connectivity index (χ4v) is 2.79. The van der Waals surface area contributed by atoms with Gasteiger partial charge < -0.3 is 16.6 Å². The molecule has 1 aliphatic rings. The van der Waals surface area contributed by atoms with Crippen LogP contribution in [0.4, 0.5) is 0 Å². The molecule has 0 aromatic heterocycles. The number of carbonyl (C=O) groups is 1. The zero-order valence-electron chi connectivity index (χ0n) is 13.3. The average molecular weight is 349 g/mol. The van der Waals surface area contributed by atoms with E-state index in [1.165, 1.54) is 0 Å². The first-order valence-electron chi connectivity index (χ1n) is 7.81. The lowest BCUT2D eigenvalue weighted by molar-refractivity contribution is 0.0697. The van der Waals surface area contributed by atoms with E-state index < -0.39 is 5.97 Å². The lowest BCUT2D eigenvalue weighted by Crippen LogP contribution is -2.17. The molecule has 1 heterocycles. The molecule has 0 fully saturated rings. The summed E-state index contributed by atoms with van der Waals surface area (Å²) in [6, 6.07) is 6.94. The quantitative estimate of drug-likeness (QED) is 0.685. The summed E-state index contributed by atoms with van der Waals surface area (Å²) in [6.07, 6.45) is 4.06.